The summed E-state index contributed by atoms with van der Waals surface area (Å²) in [5.41, 5.74) is 4.06. The molecule has 0 fully saturated rings. The number of nitrogens with zero attached hydrogens (tertiary/aromatic N) is 1. The lowest BCUT2D eigenvalue weighted by Crippen LogP contribution is -2.31. The van der Waals surface area contributed by atoms with E-state index in [2.05, 4.69) is 41.4 Å². The molecular weight excluding hydrogens is 348 g/mol. The summed E-state index contributed by atoms with van der Waals surface area (Å²) in [5, 5.41) is 3.39. The van der Waals surface area contributed by atoms with Crippen molar-refractivity contribution in [1.29, 1.82) is 0 Å². The van der Waals surface area contributed by atoms with Crippen molar-refractivity contribution in [1.82, 2.24) is 4.90 Å². The van der Waals surface area contributed by atoms with Crippen molar-refractivity contribution < 1.29 is 9.53 Å². The number of anilines is 1. The van der Waals surface area contributed by atoms with Gasteiger partial charge < -0.3 is 10.1 Å². The Balaban J connectivity index is 1.58. The van der Waals surface area contributed by atoms with Crippen molar-refractivity contribution in [3.63, 3.8) is 0 Å². The van der Waals surface area contributed by atoms with Gasteiger partial charge in [0, 0.05) is 30.9 Å². The maximum absolute atomic E-state index is 12.5. The second-order valence-electron chi connectivity index (χ2n) is 6.51. The van der Waals surface area contributed by atoms with Gasteiger partial charge in [0.1, 0.15) is 5.75 Å². The van der Waals surface area contributed by atoms with Gasteiger partial charge in [-0.1, -0.05) is 47.5 Å². The van der Waals surface area contributed by atoms with Crippen LogP contribution >= 0.6 is 11.6 Å². The number of halogens is 1. The number of nitrogens with one attached hydrogen (secondary N) is 1. The Kier molecular flexibility index (Phi) is 5.96. The number of carbonyl (C=O) groups is 1. The van der Waals surface area contributed by atoms with E-state index in [1.54, 1.807) is 25.3 Å². The minimum Gasteiger partial charge on any atom is -0.495 e. The third kappa shape index (κ3) is 4.65. The Hall–Kier alpha value is -2.30. The number of ether oxygens (including phenoxy) is 1. The third-order valence-electron chi connectivity index (χ3n) is 4.48. The van der Waals surface area contributed by atoms with Crippen molar-refractivity contribution in [3.8, 4) is 5.75 Å². The monoisotopic (exact) mass is 370 g/mol. The molecule has 0 aromatic heterocycles. The third-order valence-corrected chi connectivity index (χ3v) is 4.78. The first-order chi connectivity index (χ1) is 12.5. The van der Waals surface area contributed by atoms with Gasteiger partial charge in [-0.3, -0.25) is 9.69 Å². The highest BCUT2D eigenvalue weighted by Gasteiger charge is 2.17. The first kappa shape index (κ1) is 18.5. The zero-order valence-electron chi connectivity index (χ0n) is 15.1. The molecule has 0 atom stereocenters. The van der Waals surface area contributed by atoms with Crippen LogP contribution in [0.15, 0.2) is 54.1 Å². The summed E-state index contributed by atoms with van der Waals surface area (Å²) in [4.78, 5) is 14.8. The first-order valence-electron chi connectivity index (χ1n) is 8.67. The van der Waals surface area contributed by atoms with Crippen molar-refractivity contribution in [2.24, 2.45) is 0 Å². The smallest absolute Gasteiger partial charge is 0.251 e. The molecule has 0 radical (unpaired) electrons. The predicted molar refractivity (Wildman–Crippen MR) is 106 cm³/mol. The molecule has 0 saturated carbocycles. The molecule has 3 rings (SSSR count). The number of methoxy groups -OCH3 is 1. The van der Waals surface area contributed by atoms with E-state index < -0.39 is 0 Å². The summed E-state index contributed by atoms with van der Waals surface area (Å²) in [6.45, 7) is 4.66. The van der Waals surface area contributed by atoms with Crippen LogP contribution in [0.1, 0.15) is 17.5 Å². The van der Waals surface area contributed by atoms with Crippen molar-refractivity contribution >= 4 is 23.2 Å². The van der Waals surface area contributed by atoms with E-state index in [1.807, 2.05) is 6.08 Å². The van der Waals surface area contributed by atoms with Gasteiger partial charge in [-0.15, -0.1) is 0 Å². The van der Waals surface area contributed by atoms with Gasteiger partial charge in [0.25, 0.3) is 5.91 Å². The molecule has 26 heavy (non-hydrogen) atoms. The Morgan fingerprint density at radius 1 is 1.27 bits per heavy atom. The highest BCUT2D eigenvalue weighted by molar-refractivity contribution is 6.32. The minimum absolute atomic E-state index is 0.0681. The largest absolute Gasteiger partial charge is 0.495 e. The standard InChI is InChI=1S/C21H23ClN2O2/c1-15-4-3-5-16(12-15)14-24-10-8-17(9-11-24)21(25)23-18-6-7-20(26-2)19(22)13-18/h3-8,12-13H,9-11,14H2,1-2H3,(H,23,25). The van der Waals surface area contributed by atoms with Crippen LogP contribution in [-0.2, 0) is 11.3 Å². The molecular formula is C21H23ClN2O2. The maximum atomic E-state index is 12.5. The van der Waals surface area contributed by atoms with E-state index in [9.17, 15) is 4.79 Å². The van der Waals surface area contributed by atoms with Gasteiger partial charge in [0.2, 0.25) is 0 Å². The number of rotatable bonds is 5. The SMILES string of the molecule is COc1ccc(NC(=O)C2=CCN(Cc3cccc(C)c3)CC2)cc1Cl. The number of hydrogen-bond acceptors (Lipinski definition) is 3. The number of hydrogen-bond donors (Lipinski definition) is 1. The molecule has 1 amide bonds. The maximum Gasteiger partial charge on any atom is 0.251 e. The molecule has 0 bridgehead atoms. The molecule has 1 N–H and O–H groups in total. The molecule has 5 heteroatoms. The topological polar surface area (TPSA) is 41.6 Å². The number of aryl methyl sites for hydroxylation is 1. The summed E-state index contributed by atoms with van der Waals surface area (Å²) < 4.78 is 5.13. The van der Waals surface area contributed by atoms with Crippen LogP contribution in [0.4, 0.5) is 5.69 Å². The molecule has 0 unspecified atom stereocenters. The minimum atomic E-state index is -0.0681. The predicted octanol–water partition coefficient (Wildman–Crippen LogP) is 4.43. The highest BCUT2D eigenvalue weighted by Crippen LogP contribution is 2.27. The molecule has 2 aromatic carbocycles. The summed E-state index contributed by atoms with van der Waals surface area (Å²) in [6, 6.07) is 13.8. The molecule has 0 spiro atoms. The summed E-state index contributed by atoms with van der Waals surface area (Å²) in [7, 11) is 1.56. The van der Waals surface area contributed by atoms with Crippen LogP contribution in [0.2, 0.25) is 5.02 Å². The normalized spacial score (nSPS) is 14.7. The van der Waals surface area contributed by atoms with E-state index in [-0.39, 0.29) is 5.91 Å². The molecule has 0 saturated heterocycles. The van der Waals surface area contributed by atoms with Gasteiger partial charge in [-0.2, -0.15) is 0 Å². The van der Waals surface area contributed by atoms with Crippen LogP contribution < -0.4 is 10.1 Å². The van der Waals surface area contributed by atoms with Gasteiger partial charge >= 0.3 is 0 Å². The Morgan fingerprint density at radius 2 is 2.12 bits per heavy atom. The van der Waals surface area contributed by atoms with Crippen LogP contribution in [0.25, 0.3) is 0 Å². The van der Waals surface area contributed by atoms with Crippen LogP contribution in [0.3, 0.4) is 0 Å². The fraction of sp³-hybridized carbons (Fsp3) is 0.286. The lowest BCUT2D eigenvalue weighted by atomic mass is 10.1. The van der Waals surface area contributed by atoms with Crippen LogP contribution in [0, 0.1) is 6.92 Å². The molecule has 1 aliphatic heterocycles. The summed E-state index contributed by atoms with van der Waals surface area (Å²) in [5.74, 6) is 0.523. The van der Waals surface area contributed by atoms with E-state index in [1.165, 1.54) is 11.1 Å². The van der Waals surface area contributed by atoms with E-state index in [4.69, 9.17) is 16.3 Å². The number of amides is 1. The fourth-order valence-electron chi connectivity index (χ4n) is 3.09. The molecule has 4 nitrogen and oxygen atoms in total. The molecule has 136 valence electrons. The summed E-state index contributed by atoms with van der Waals surface area (Å²) >= 11 is 6.11. The number of benzene rings is 2. The van der Waals surface area contributed by atoms with Gasteiger partial charge in [-0.25, -0.2) is 0 Å². The van der Waals surface area contributed by atoms with E-state index in [0.717, 1.165) is 31.6 Å². The van der Waals surface area contributed by atoms with E-state index >= 15 is 0 Å². The quantitative estimate of drug-likeness (QED) is 0.846. The molecule has 1 aliphatic rings. The van der Waals surface area contributed by atoms with Crippen molar-refractivity contribution in [3.05, 3.63) is 70.3 Å². The fourth-order valence-corrected chi connectivity index (χ4v) is 3.34. The zero-order valence-corrected chi connectivity index (χ0v) is 15.8. The molecule has 1 heterocycles. The Morgan fingerprint density at radius 3 is 2.77 bits per heavy atom. The molecule has 0 aliphatic carbocycles. The van der Waals surface area contributed by atoms with Crippen molar-refractivity contribution in [2.45, 2.75) is 19.9 Å². The van der Waals surface area contributed by atoms with Gasteiger partial charge in [0.05, 0.1) is 12.1 Å². The second kappa shape index (κ2) is 8.39. The van der Waals surface area contributed by atoms with Crippen LogP contribution in [0.5, 0.6) is 5.75 Å². The van der Waals surface area contributed by atoms with Crippen molar-refractivity contribution in [2.75, 3.05) is 25.5 Å². The first-order valence-corrected chi connectivity index (χ1v) is 9.05. The highest BCUT2D eigenvalue weighted by atomic mass is 35.5. The summed E-state index contributed by atoms with van der Waals surface area (Å²) in [6.07, 6.45) is 2.75. The lowest BCUT2D eigenvalue weighted by molar-refractivity contribution is -0.113. The second-order valence-corrected chi connectivity index (χ2v) is 6.91. The average Bonchev–Trinajstić information content (AvgIpc) is 2.62. The Labute approximate surface area is 159 Å². The molecule has 2 aromatic rings. The average molecular weight is 371 g/mol. The lowest BCUT2D eigenvalue weighted by Gasteiger charge is -2.26. The van der Waals surface area contributed by atoms with E-state index in [0.29, 0.717) is 16.5 Å². The van der Waals surface area contributed by atoms with Gasteiger partial charge in [0.15, 0.2) is 0 Å². The Bertz CT molecular complexity index is 833. The number of carbonyl (C=O) groups excluding carboxylic acids is 1. The van der Waals surface area contributed by atoms with Gasteiger partial charge in [-0.05, 0) is 37.1 Å². The van der Waals surface area contributed by atoms with Crippen LogP contribution in [-0.4, -0.2) is 31.0 Å². The zero-order chi connectivity index (χ0) is 18.5.